The molecule has 2 atom stereocenters. The minimum atomic E-state index is -0.555. The molecule has 18 nitrogen and oxygen atoms in total. The van der Waals surface area contributed by atoms with Gasteiger partial charge in [-0.05, 0) is 144 Å². The fourth-order valence-corrected chi connectivity index (χ4v) is 9.29. The monoisotopic (exact) mass is 1190 g/mol. The molecule has 4 aromatic carbocycles. The van der Waals surface area contributed by atoms with E-state index in [1.54, 1.807) is 31.5 Å². The highest BCUT2D eigenvalue weighted by atomic mass is 127. The van der Waals surface area contributed by atoms with Gasteiger partial charge in [0.25, 0.3) is 0 Å². The molecule has 0 aliphatic carbocycles. The van der Waals surface area contributed by atoms with Crippen LogP contribution in [0.5, 0.6) is 40.4 Å². The second kappa shape index (κ2) is 25.4. The number of halogens is 1. The highest BCUT2D eigenvalue weighted by molar-refractivity contribution is 14.1. The number of rotatable bonds is 12. The first-order chi connectivity index (χ1) is 37.7. The summed E-state index contributed by atoms with van der Waals surface area (Å²) in [7, 11) is 3.31. The molecule has 2 aliphatic rings. The van der Waals surface area contributed by atoms with Crippen LogP contribution >= 0.6 is 22.6 Å². The van der Waals surface area contributed by atoms with Crippen molar-refractivity contribution in [2.24, 2.45) is 0 Å². The van der Waals surface area contributed by atoms with Gasteiger partial charge in [0.1, 0.15) is 60.9 Å². The molecule has 4 aromatic heterocycles. The summed E-state index contributed by atoms with van der Waals surface area (Å²) in [5.41, 5.74) is 4.95. The van der Waals surface area contributed by atoms with Crippen LogP contribution in [0.3, 0.4) is 0 Å². The summed E-state index contributed by atoms with van der Waals surface area (Å²) in [5, 5.41) is 20.3. The molecule has 0 saturated carbocycles. The number of fused-ring (bicyclic) bond motifs is 2. The van der Waals surface area contributed by atoms with Crippen LogP contribution < -0.4 is 23.7 Å². The smallest absolute Gasteiger partial charge is 0.410 e. The van der Waals surface area contributed by atoms with Crippen molar-refractivity contribution in [1.82, 2.24) is 39.3 Å². The first-order valence-electron chi connectivity index (χ1n) is 26.1. The third-order valence-corrected chi connectivity index (χ3v) is 13.2. The predicted molar refractivity (Wildman–Crippen MR) is 310 cm³/mol. The lowest BCUT2D eigenvalue weighted by molar-refractivity contribution is 0.0263. The molecule has 0 unspecified atom stereocenters. The zero-order valence-corrected chi connectivity index (χ0v) is 48.6. The molecule has 79 heavy (non-hydrogen) atoms. The summed E-state index contributed by atoms with van der Waals surface area (Å²) >= 11 is 2.23. The minimum absolute atomic E-state index is 0.238. The maximum Gasteiger partial charge on any atom is 0.410 e. The van der Waals surface area contributed by atoms with Crippen molar-refractivity contribution in [2.75, 3.05) is 40.4 Å². The highest BCUT2D eigenvalue weighted by Crippen LogP contribution is 2.38. The highest BCUT2D eigenvalue weighted by Gasteiger charge is 2.33. The van der Waals surface area contributed by atoms with Crippen LogP contribution in [0.25, 0.3) is 22.1 Å². The van der Waals surface area contributed by atoms with E-state index in [4.69, 9.17) is 38.3 Å². The Hall–Kier alpha value is -7.65. The Balaban J connectivity index is 0.000000177. The average molecular weight is 1190 g/mol. The van der Waals surface area contributed by atoms with Crippen molar-refractivity contribution in [3.8, 4) is 40.4 Å². The number of pyridine rings is 2. The molecule has 2 aliphatic heterocycles. The van der Waals surface area contributed by atoms with Crippen LogP contribution in [-0.4, -0.2) is 120 Å². The van der Waals surface area contributed by atoms with E-state index in [1.165, 1.54) is 10.5 Å². The zero-order valence-electron chi connectivity index (χ0n) is 46.4. The maximum atomic E-state index is 12.6. The van der Waals surface area contributed by atoms with Crippen LogP contribution in [0.2, 0.25) is 0 Å². The third kappa shape index (κ3) is 15.8. The van der Waals surface area contributed by atoms with E-state index in [0.29, 0.717) is 80.5 Å². The molecule has 0 spiro atoms. The molecule has 2 fully saturated rings. The number of aliphatic hydroxyl groups is 1. The van der Waals surface area contributed by atoms with Gasteiger partial charge in [-0.15, -0.1) is 5.10 Å². The topological polar surface area (TPSA) is 187 Å². The standard InChI is InChI=1S/C30H34N4O5.C21H18IN3O2.C9H17NO3/c1-20-6-10-23(11-7-20)37-25-14-16-31-27-26(25)28(32-34(27)18-21-8-12-22(36-5)13-9-21)38-24-15-17-33(19-24)29(35)39-30(2,3)4;1-14-3-7-17(8-4-14)27-18-11-12-23-21-19(18)20(22)24-25(21)13-15-5-9-16(26-2)10-6-15;1-9(2,3)13-8(12)10-5-4-7(11)6-10/h6-14,16,24H,15,17-19H2,1-5H3;3-12H,13H2,1-2H3;7,11H,4-6H2,1-3H3/t24-;;7-/m1.1/s1. The van der Waals surface area contributed by atoms with Crippen molar-refractivity contribution in [1.29, 1.82) is 0 Å². The number of methoxy groups -OCH3 is 2. The molecule has 19 heteroatoms. The van der Waals surface area contributed by atoms with Gasteiger partial charge in [-0.25, -0.2) is 28.9 Å². The molecule has 0 radical (unpaired) electrons. The number of hydrogen-bond acceptors (Lipinski definition) is 14. The number of likely N-dealkylation sites (tertiary alicyclic amines) is 2. The lowest BCUT2D eigenvalue weighted by atomic mass is 10.2. The molecular formula is C60H69IN8O10. The van der Waals surface area contributed by atoms with E-state index in [1.807, 2.05) is 167 Å². The van der Waals surface area contributed by atoms with Gasteiger partial charge in [0.2, 0.25) is 5.88 Å². The first kappa shape index (κ1) is 57.5. The summed E-state index contributed by atoms with van der Waals surface area (Å²) in [6, 6.07) is 35.4. The number of amides is 2. The lowest BCUT2D eigenvalue weighted by Gasteiger charge is -2.24. The van der Waals surface area contributed by atoms with Gasteiger partial charge in [0.05, 0.1) is 45.3 Å². The van der Waals surface area contributed by atoms with Gasteiger partial charge in [-0.3, -0.25) is 0 Å². The van der Waals surface area contributed by atoms with E-state index >= 15 is 0 Å². The molecule has 6 heterocycles. The maximum absolute atomic E-state index is 12.6. The van der Waals surface area contributed by atoms with Gasteiger partial charge in [-0.2, -0.15) is 5.10 Å². The molecule has 1 N–H and O–H groups in total. The van der Waals surface area contributed by atoms with Crippen molar-refractivity contribution in [3.05, 3.63) is 148 Å². The number of hydrogen-bond donors (Lipinski definition) is 1. The van der Waals surface area contributed by atoms with Crippen LogP contribution in [0.4, 0.5) is 9.59 Å². The number of β-amino-alcohol motifs (C(OH)–C–C–N with tert-alkyl or cyclic N) is 1. The van der Waals surface area contributed by atoms with Crippen molar-refractivity contribution in [3.63, 3.8) is 0 Å². The second-order valence-corrected chi connectivity index (χ2v) is 22.3. The van der Waals surface area contributed by atoms with Gasteiger partial charge in [0, 0.05) is 50.6 Å². The molecule has 2 saturated heterocycles. The molecular weight excluding hydrogens is 1120 g/mol. The Morgan fingerprint density at radius 2 is 1.01 bits per heavy atom. The number of aryl methyl sites for hydroxylation is 2. The number of carbonyl (C=O) groups is 2. The summed E-state index contributed by atoms with van der Waals surface area (Å²) in [5.74, 6) is 4.91. The van der Waals surface area contributed by atoms with E-state index in [-0.39, 0.29) is 24.4 Å². The van der Waals surface area contributed by atoms with E-state index in [2.05, 4.69) is 44.6 Å². The number of ether oxygens (including phenoxy) is 7. The Kier molecular flexibility index (Phi) is 18.5. The molecule has 10 rings (SSSR count). The summed E-state index contributed by atoms with van der Waals surface area (Å²) in [6.07, 6.45) is 3.50. The Morgan fingerprint density at radius 1 is 0.582 bits per heavy atom. The number of benzene rings is 4. The Bertz CT molecular complexity index is 3320. The summed E-state index contributed by atoms with van der Waals surface area (Å²) < 4.78 is 44.6. The van der Waals surface area contributed by atoms with E-state index in [0.717, 1.165) is 54.4 Å². The predicted octanol–water partition coefficient (Wildman–Crippen LogP) is 12.2. The second-order valence-electron chi connectivity index (χ2n) is 21.3. The van der Waals surface area contributed by atoms with Crippen LogP contribution in [0.1, 0.15) is 76.6 Å². The number of carbonyl (C=O) groups excluding carboxylic acids is 2. The van der Waals surface area contributed by atoms with Crippen LogP contribution in [0, 0.1) is 17.5 Å². The van der Waals surface area contributed by atoms with Crippen LogP contribution in [0.15, 0.2) is 122 Å². The number of aromatic nitrogens is 6. The molecule has 0 bridgehead atoms. The largest absolute Gasteiger partial charge is 0.497 e. The van der Waals surface area contributed by atoms with Gasteiger partial charge >= 0.3 is 12.2 Å². The third-order valence-electron chi connectivity index (χ3n) is 12.5. The quantitative estimate of drug-likeness (QED) is 0.114. The molecule has 8 aromatic rings. The van der Waals surface area contributed by atoms with Gasteiger partial charge in [-0.1, -0.05) is 59.7 Å². The van der Waals surface area contributed by atoms with E-state index in [9.17, 15) is 14.7 Å². The first-order valence-corrected chi connectivity index (χ1v) is 27.2. The Labute approximate surface area is 474 Å². The van der Waals surface area contributed by atoms with E-state index < -0.39 is 11.2 Å². The van der Waals surface area contributed by atoms with Crippen molar-refractivity contribution >= 4 is 56.8 Å². The zero-order chi connectivity index (χ0) is 56.4. The fraction of sp³-hybridized carbons (Fsp3) is 0.367. The van der Waals surface area contributed by atoms with Crippen molar-refractivity contribution in [2.45, 2.75) is 105 Å². The molecule has 416 valence electrons. The minimum Gasteiger partial charge on any atom is -0.497 e. The van der Waals surface area contributed by atoms with Gasteiger partial charge < -0.3 is 48.1 Å². The molecule has 2 amide bonds. The van der Waals surface area contributed by atoms with Gasteiger partial charge in [0.15, 0.2) is 11.3 Å². The lowest BCUT2D eigenvalue weighted by Crippen LogP contribution is -2.36. The number of aliphatic hydroxyl groups excluding tert-OH is 1. The normalized spacial score (nSPS) is 15.2. The fourth-order valence-electron chi connectivity index (χ4n) is 8.52. The van der Waals surface area contributed by atoms with Crippen molar-refractivity contribution < 1.29 is 47.9 Å². The summed E-state index contributed by atoms with van der Waals surface area (Å²) in [4.78, 5) is 36.4. The SMILES string of the molecule is CC(C)(C)OC(=O)N1CC[C@@H](O)C1.COc1ccc(Cn2nc(I)c3c(Oc4ccc(C)cc4)ccnc32)cc1.COc1ccc(Cn2nc(O[C@@H]3CCN(C(=O)OC(C)(C)C)C3)c3c(Oc4ccc(C)cc4)ccnc32)cc1. The van der Waals surface area contributed by atoms with Crippen LogP contribution in [-0.2, 0) is 22.6 Å². The summed E-state index contributed by atoms with van der Waals surface area (Å²) in [6.45, 7) is 18.2. The average Bonchev–Trinajstić information content (AvgIpc) is 4.30. The number of nitrogens with zero attached hydrogens (tertiary/aromatic N) is 8. The Morgan fingerprint density at radius 3 is 1.47 bits per heavy atom.